The number of methoxy groups -OCH3 is 4. The Labute approximate surface area is 288 Å². The molecule has 11 heteroatoms. The molecule has 0 radical (unpaired) electrons. The monoisotopic (exact) mass is 679 g/mol. The minimum Gasteiger partial charge on any atom is -0.494 e. The summed E-state index contributed by atoms with van der Waals surface area (Å²) < 4.78 is 36.9. The fourth-order valence-corrected chi connectivity index (χ4v) is 6.40. The molecule has 2 aromatic heterocycles. The summed E-state index contributed by atoms with van der Waals surface area (Å²) in [5.74, 6) is 3.16. The molecule has 0 aliphatic rings. The maximum Gasteiger partial charge on any atom is 0.244 e. The molecule has 0 fully saturated rings. The first-order valence-corrected chi connectivity index (χ1v) is 16.6. The van der Waals surface area contributed by atoms with Gasteiger partial charge in [-0.2, -0.15) is 9.78 Å². The van der Waals surface area contributed by atoms with Crippen molar-refractivity contribution in [2.45, 2.75) is 19.8 Å². The molecule has 10 nitrogen and oxygen atoms in total. The van der Waals surface area contributed by atoms with Crippen molar-refractivity contribution in [2.75, 3.05) is 41.7 Å². The molecular weight excluding hydrogens is 642 g/mol. The highest BCUT2D eigenvalue weighted by Gasteiger charge is 2.20. The number of benzene rings is 4. The lowest BCUT2D eigenvalue weighted by Crippen LogP contribution is -2.09. The molecule has 0 aliphatic carbocycles. The van der Waals surface area contributed by atoms with E-state index in [1.807, 2.05) is 60.7 Å². The van der Waals surface area contributed by atoms with Crippen LogP contribution in [0.25, 0.3) is 43.3 Å². The lowest BCUT2D eigenvalue weighted by molar-refractivity contribution is 0.0923. The third-order valence-corrected chi connectivity index (χ3v) is 8.95. The predicted octanol–water partition coefficient (Wildman–Crippen LogP) is 8.43. The molecule has 6 aromatic rings. The van der Waals surface area contributed by atoms with Crippen molar-refractivity contribution in [3.05, 3.63) is 84.9 Å². The molecule has 252 valence electrons. The van der Waals surface area contributed by atoms with Gasteiger partial charge in [-0.15, -0.1) is 11.3 Å². The highest BCUT2D eigenvalue weighted by atomic mass is 32.1. The van der Waals surface area contributed by atoms with Gasteiger partial charge in [0.2, 0.25) is 11.7 Å². The standard InChI is InChI=1S/C38H37N3O7S/c1-24(42)41-31(23-30(40-41)27-21-34(44-3)37(46-5)35(22-27)45-4)25-15-16-32(43-2)33(20-25)48-18-9-8-17-47-28-12-10-11-26(19-28)38-39-29-13-6-7-14-36(29)49-38/h6-7,10-16,19-23H,8-9,17-18H2,1-5H3. The van der Waals surface area contributed by atoms with Gasteiger partial charge in [0.05, 0.1) is 63.3 Å². The molecule has 0 saturated carbocycles. The van der Waals surface area contributed by atoms with Gasteiger partial charge in [0.1, 0.15) is 10.8 Å². The molecule has 0 N–H and O–H groups in total. The highest BCUT2D eigenvalue weighted by Crippen LogP contribution is 2.42. The van der Waals surface area contributed by atoms with Gasteiger partial charge >= 0.3 is 0 Å². The number of ether oxygens (including phenoxy) is 6. The molecule has 0 spiro atoms. The number of hydrogen-bond acceptors (Lipinski definition) is 10. The SMILES string of the molecule is COc1ccc(-c2cc(-c3cc(OC)c(OC)c(OC)c3)nn2C(C)=O)cc1OCCCCOc1cccc(-c2nc3ccccc3s2)c1. The van der Waals surface area contributed by atoms with Crippen LogP contribution < -0.4 is 28.4 Å². The van der Waals surface area contributed by atoms with Crippen molar-refractivity contribution in [1.29, 1.82) is 0 Å². The molecule has 0 amide bonds. The molecule has 4 aromatic carbocycles. The Kier molecular flexibility index (Phi) is 10.3. The lowest BCUT2D eigenvalue weighted by atomic mass is 10.1. The normalized spacial score (nSPS) is 11.0. The fourth-order valence-electron chi connectivity index (χ4n) is 5.44. The highest BCUT2D eigenvalue weighted by molar-refractivity contribution is 7.21. The Morgan fingerprint density at radius 3 is 2.10 bits per heavy atom. The van der Waals surface area contributed by atoms with E-state index in [0.29, 0.717) is 58.9 Å². The van der Waals surface area contributed by atoms with Crippen molar-refractivity contribution in [2.24, 2.45) is 0 Å². The molecule has 2 heterocycles. The zero-order chi connectivity index (χ0) is 34.3. The summed E-state index contributed by atoms with van der Waals surface area (Å²) in [5, 5.41) is 5.59. The van der Waals surface area contributed by atoms with E-state index in [1.54, 1.807) is 51.9 Å². The van der Waals surface area contributed by atoms with E-state index in [2.05, 4.69) is 17.2 Å². The molecule has 49 heavy (non-hydrogen) atoms. The summed E-state index contributed by atoms with van der Waals surface area (Å²) in [4.78, 5) is 17.5. The largest absolute Gasteiger partial charge is 0.494 e. The fraction of sp³-hybridized carbons (Fsp3) is 0.237. The average Bonchev–Trinajstić information content (AvgIpc) is 3.78. The second-order valence-corrected chi connectivity index (χ2v) is 12.1. The summed E-state index contributed by atoms with van der Waals surface area (Å²) in [5.41, 5.74) is 4.65. The van der Waals surface area contributed by atoms with Crippen LogP contribution in [-0.4, -0.2) is 62.3 Å². The van der Waals surface area contributed by atoms with Crippen molar-refractivity contribution >= 4 is 27.5 Å². The number of nitrogens with zero attached hydrogens (tertiary/aromatic N) is 3. The third kappa shape index (κ3) is 7.31. The Balaban J connectivity index is 1.11. The van der Waals surface area contributed by atoms with Crippen LogP contribution in [0, 0.1) is 0 Å². The molecule has 0 bridgehead atoms. The Morgan fingerprint density at radius 1 is 0.694 bits per heavy atom. The number of hydrogen-bond donors (Lipinski definition) is 0. The third-order valence-electron chi connectivity index (χ3n) is 7.87. The maximum atomic E-state index is 12.7. The van der Waals surface area contributed by atoms with Gasteiger partial charge in [-0.05, 0) is 73.5 Å². The quantitative estimate of drug-likeness (QED) is 0.105. The molecule has 0 aliphatic heterocycles. The van der Waals surface area contributed by atoms with E-state index in [-0.39, 0.29) is 5.91 Å². The van der Waals surface area contributed by atoms with Gasteiger partial charge in [0.15, 0.2) is 23.0 Å². The zero-order valence-corrected chi connectivity index (χ0v) is 28.8. The van der Waals surface area contributed by atoms with Crippen molar-refractivity contribution in [3.63, 3.8) is 0 Å². The van der Waals surface area contributed by atoms with Crippen molar-refractivity contribution < 1.29 is 33.2 Å². The van der Waals surface area contributed by atoms with Crippen LogP contribution in [0.15, 0.2) is 84.9 Å². The van der Waals surface area contributed by atoms with Crippen molar-refractivity contribution in [3.8, 4) is 67.6 Å². The van der Waals surface area contributed by atoms with E-state index in [4.69, 9.17) is 33.4 Å². The first kappa shape index (κ1) is 33.4. The number of aromatic nitrogens is 3. The lowest BCUT2D eigenvalue weighted by Gasteiger charge is -2.13. The Hall–Kier alpha value is -5.55. The predicted molar refractivity (Wildman–Crippen MR) is 191 cm³/mol. The van der Waals surface area contributed by atoms with Gasteiger partial charge in [-0.1, -0.05) is 24.3 Å². The molecule has 0 unspecified atom stereocenters. The van der Waals surface area contributed by atoms with E-state index >= 15 is 0 Å². The van der Waals surface area contributed by atoms with Gasteiger partial charge < -0.3 is 28.4 Å². The van der Waals surface area contributed by atoms with Gasteiger partial charge in [-0.3, -0.25) is 4.79 Å². The van der Waals surface area contributed by atoms with Gasteiger partial charge in [0, 0.05) is 23.6 Å². The van der Waals surface area contributed by atoms with Crippen LogP contribution in [-0.2, 0) is 0 Å². The van der Waals surface area contributed by atoms with Crippen molar-refractivity contribution in [1.82, 2.24) is 14.8 Å². The molecular formula is C38H37N3O7S. The van der Waals surface area contributed by atoms with E-state index < -0.39 is 0 Å². The summed E-state index contributed by atoms with van der Waals surface area (Å²) >= 11 is 1.67. The van der Waals surface area contributed by atoms with Gasteiger partial charge in [-0.25, -0.2) is 4.98 Å². The second-order valence-electron chi connectivity index (χ2n) is 11.0. The number of fused-ring (bicyclic) bond motifs is 1. The minimum absolute atomic E-state index is 0.238. The molecule has 6 rings (SSSR count). The number of thiazole rings is 1. The van der Waals surface area contributed by atoms with Crippen LogP contribution in [0.2, 0.25) is 0 Å². The summed E-state index contributed by atoms with van der Waals surface area (Å²) in [6, 6.07) is 27.2. The second kappa shape index (κ2) is 15.1. The van der Waals surface area contributed by atoms with Crippen LogP contribution in [0.1, 0.15) is 24.6 Å². The smallest absolute Gasteiger partial charge is 0.244 e. The van der Waals surface area contributed by atoms with E-state index in [0.717, 1.165) is 44.9 Å². The van der Waals surface area contributed by atoms with Crippen LogP contribution >= 0.6 is 11.3 Å². The molecule has 0 atom stereocenters. The summed E-state index contributed by atoms with van der Waals surface area (Å²) in [6.07, 6.45) is 1.56. The number of carbonyl (C=O) groups excluding carboxylic acids is 1. The number of para-hydroxylation sites is 1. The first-order chi connectivity index (χ1) is 23.9. The topological polar surface area (TPSA) is 103 Å². The minimum atomic E-state index is -0.238. The van der Waals surface area contributed by atoms with E-state index in [1.165, 1.54) is 11.6 Å². The van der Waals surface area contributed by atoms with E-state index in [9.17, 15) is 4.79 Å². The Bertz CT molecular complexity index is 2030. The number of carbonyl (C=O) groups is 1. The maximum absolute atomic E-state index is 12.7. The average molecular weight is 680 g/mol. The first-order valence-electron chi connectivity index (χ1n) is 15.7. The summed E-state index contributed by atoms with van der Waals surface area (Å²) in [7, 11) is 6.25. The Morgan fingerprint density at radius 2 is 1.41 bits per heavy atom. The van der Waals surface area contributed by atoms with Crippen LogP contribution in [0.5, 0.6) is 34.5 Å². The zero-order valence-electron chi connectivity index (χ0n) is 28.0. The van der Waals surface area contributed by atoms with Crippen LogP contribution in [0.3, 0.4) is 0 Å². The summed E-state index contributed by atoms with van der Waals surface area (Å²) in [6.45, 7) is 2.47. The number of unbranched alkanes of at least 4 members (excludes halogenated alkanes) is 1. The van der Waals surface area contributed by atoms with Gasteiger partial charge in [0.25, 0.3) is 0 Å². The molecule has 0 saturated heterocycles. The number of rotatable bonds is 14. The van der Waals surface area contributed by atoms with Crippen LogP contribution in [0.4, 0.5) is 0 Å².